The molecule has 0 radical (unpaired) electrons. The lowest BCUT2D eigenvalue weighted by Gasteiger charge is -2.19. The van der Waals surface area contributed by atoms with Crippen LogP contribution in [0.15, 0.2) is 72.9 Å². The Hall–Kier alpha value is -2.17. The van der Waals surface area contributed by atoms with Crippen LogP contribution in [0.5, 0.6) is 0 Å². The second-order valence-electron chi connectivity index (χ2n) is 17.9. The molecule has 2 atom stereocenters. The first kappa shape index (κ1) is 58.8. The molecule has 0 aromatic heterocycles. The predicted octanol–water partition coefficient (Wildman–Crippen LogP) is 17.4. The molecule has 0 fully saturated rings. The van der Waals surface area contributed by atoms with Crippen molar-refractivity contribution >= 4 is 5.91 Å². The quantitative estimate of drug-likeness (QED) is 0.0422. The smallest absolute Gasteiger partial charge is 0.220 e. The van der Waals surface area contributed by atoms with Gasteiger partial charge in [0, 0.05) is 6.42 Å². The van der Waals surface area contributed by atoms with Gasteiger partial charge in [-0.25, -0.2) is 0 Å². The Kier molecular flexibility index (Phi) is 50.3. The fourth-order valence-electron chi connectivity index (χ4n) is 7.89. The maximum Gasteiger partial charge on any atom is 0.220 e. The zero-order valence-electron chi connectivity index (χ0n) is 40.7. The lowest BCUT2D eigenvalue weighted by Crippen LogP contribution is -2.45. The Morgan fingerprint density at radius 2 is 0.738 bits per heavy atom. The van der Waals surface area contributed by atoms with Crippen molar-refractivity contribution in [1.82, 2.24) is 5.32 Å². The van der Waals surface area contributed by atoms with Crippen LogP contribution in [0.3, 0.4) is 0 Å². The van der Waals surface area contributed by atoms with Crippen LogP contribution in [-0.4, -0.2) is 34.9 Å². The van der Waals surface area contributed by atoms with E-state index in [-0.39, 0.29) is 12.5 Å². The molecule has 0 saturated carbocycles. The van der Waals surface area contributed by atoms with Gasteiger partial charge in [-0.05, 0) is 70.6 Å². The van der Waals surface area contributed by atoms with E-state index in [0.717, 1.165) is 57.8 Å². The van der Waals surface area contributed by atoms with Gasteiger partial charge in [0.05, 0.1) is 18.8 Å². The number of carbonyl (C=O) groups excluding carboxylic acids is 1. The number of hydrogen-bond donors (Lipinski definition) is 3. The van der Waals surface area contributed by atoms with Gasteiger partial charge < -0.3 is 15.5 Å². The highest BCUT2D eigenvalue weighted by atomic mass is 16.3. The molecule has 61 heavy (non-hydrogen) atoms. The summed E-state index contributed by atoms with van der Waals surface area (Å²) < 4.78 is 0. The Balaban J connectivity index is 3.56. The molecule has 4 nitrogen and oxygen atoms in total. The molecule has 0 saturated heterocycles. The van der Waals surface area contributed by atoms with E-state index in [1.54, 1.807) is 6.08 Å². The summed E-state index contributed by atoms with van der Waals surface area (Å²) in [4.78, 5) is 12.5. The summed E-state index contributed by atoms with van der Waals surface area (Å²) >= 11 is 0. The summed E-state index contributed by atoms with van der Waals surface area (Å²) in [6, 6.07) is -0.644. The molecule has 1 amide bonds. The number of aliphatic hydroxyl groups is 2. The van der Waals surface area contributed by atoms with Crippen LogP contribution in [0.4, 0.5) is 0 Å². The first-order chi connectivity index (χ1) is 30.2. The van der Waals surface area contributed by atoms with E-state index in [1.165, 1.54) is 186 Å². The van der Waals surface area contributed by atoms with E-state index in [9.17, 15) is 15.0 Å². The number of rotatable bonds is 48. The second kappa shape index (κ2) is 52.2. The van der Waals surface area contributed by atoms with Crippen molar-refractivity contribution in [3.63, 3.8) is 0 Å². The summed E-state index contributed by atoms with van der Waals surface area (Å²) in [7, 11) is 0. The molecule has 0 rings (SSSR count). The van der Waals surface area contributed by atoms with Gasteiger partial charge in [0.2, 0.25) is 5.91 Å². The molecule has 0 aliphatic rings. The molecule has 0 bridgehead atoms. The minimum absolute atomic E-state index is 0.0764. The van der Waals surface area contributed by atoms with Crippen molar-refractivity contribution in [1.29, 1.82) is 0 Å². The van der Waals surface area contributed by atoms with Crippen LogP contribution in [-0.2, 0) is 4.79 Å². The van der Waals surface area contributed by atoms with Crippen LogP contribution in [0.25, 0.3) is 0 Å². The minimum Gasteiger partial charge on any atom is -0.394 e. The number of aliphatic hydroxyl groups excluding tert-OH is 2. The number of amides is 1. The van der Waals surface area contributed by atoms with E-state index in [0.29, 0.717) is 6.42 Å². The summed E-state index contributed by atoms with van der Waals surface area (Å²) in [6.07, 6.45) is 74.8. The molecule has 0 spiro atoms. The van der Waals surface area contributed by atoms with E-state index < -0.39 is 12.1 Å². The predicted molar refractivity (Wildman–Crippen MR) is 271 cm³/mol. The summed E-state index contributed by atoms with van der Waals surface area (Å²) in [5.41, 5.74) is 0. The zero-order chi connectivity index (χ0) is 44.2. The van der Waals surface area contributed by atoms with Crippen molar-refractivity contribution in [2.24, 2.45) is 0 Å². The summed E-state index contributed by atoms with van der Waals surface area (Å²) in [6.45, 7) is 4.20. The largest absolute Gasteiger partial charge is 0.394 e. The molecule has 3 N–H and O–H groups in total. The normalized spacial score (nSPS) is 13.4. The van der Waals surface area contributed by atoms with E-state index in [4.69, 9.17) is 0 Å². The molecule has 0 aliphatic carbocycles. The number of carbonyl (C=O) groups is 1. The molecule has 0 heterocycles. The standard InChI is InChI=1S/C57H103NO3/c1-3-5-7-9-11-13-15-17-19-21-23-25-27-29-31-33-35-37-39-41-43-45-47-49-51-53-57(61)58-55(54-59)56(60)52-50-48-46-44-42-40-38-36-34-32-30-28-26-24-22-20-18-16-14-12-10-8-6-4-2/h5,7,11,13,17,19,23,25,42,44,50,52,55-56,59-60H,3-4,6,8-10,12,14-16,18,20-22,24,26-41,43,45-49,51,53-54H2,1-2H3,(H,58,61)/b7-5-,13-11-,19-17-,25-23-,44-42+,52-50+. The van der Waals surface area contributed by atoms with Gasteiger partial charge >= 0.3 is 0 Å². The molecule has 0 aliphatic heterocycles. The van der Waals surface area contributed by atoms with Crippen molar-refractivity contribution in [3.8, 4) is 0 Å². The van der Waals surface area contributed by atoms with E-state index >= 15 is 0 Å². The topological polar surface area (TPSA) is 69.6 Å². The third-order valence-corrected chi connectivity index (χ3v) is 11.9. The first-order valence-corrected chi connectivity index (χ1v) is 26.7. The Labute approximate surface area is 380 Å². The van der Waals surface area contributed by atoms with Crippen LogP contribution in [0.2, 0.25) is 0 Å². The first-order valence-electron chi connectivity index (χ1n) is 26.7. The van der Waals surface area contributed by atoms with Crippen LogP contribution >= 0.6 is 0 Å². The van der Waals surface area contributed by atoms with Crippen LogP contribution < -0.4 is 5.32 Å². The van der Waals surface area contributed by atoms with E-state index in [1.807, 2.05) is 6.08 Å². The van der Waals surface area contributed by atoms with Gasteiger partial charge in [-0.2, -0.15) is 0 Å². The zero-order valence-corrected chi connectivity index (χ0v) is 40.7. The lowest BCUT2D eigenvalue weighted by atomic mass is 10.0. The molecular weight excluding hydrogens is 747 g/mol. The van der Waals surface area contributed by atoms with Gasteiger partial charge in [0.25, 0.3) is 0 Å². The highest BCUT2D eigenvalue weighted by Gasteiger charge is 2.17. The summed E-state index contributed by atoms with van der Waals surface area (Å²) in [5.74, 6) is -0.0764. The molecule has 0 aromatic carbocycles. The highest BCUT2D eigenvalue weighted by molar-refractivity contribution is 5.76. The Morgan fingerprint density at radius 3 is 1.15 bits per heavy atom. The maximum atomic E-state index is 12.5. The van der Waals surface area contributed by atoms with Gasteiger partial charge in [-0.3, -0.25) is 4.79 Å². The SMILES string of the molecule is CC/C=C\C/C=C\C/C=C\C/C=C\CCCCCCCCCCCCCCC(=O)NC(CO)C(O)/C=C/CC/C=C/CCCCCCCCCCCCCCCCCCCC. The van der Waals surface area contributed by atoms with E-state index in [2.05, 4.69) is 79.9 Å². The third kappa shape index (κ3) is 48.7. The van der Waals surface area contributed by atoms with Gasteiger partial charge in [0.15, 0.2) is 0 Å². The fraction of sp³-hybridized carbons (Fsp3) is 0.772. The number of hydrogen-bond acceptors (Lipinski definition) is 3. The van der Waals surface area contributed by atoms with Crippen LogP contribution in [0.1, 0.15) is 264 Å². The average Bonchev–Trinajstić information content (AvgIpc) is 3.26. The fourth-order valence-corrected chi connectivity index (χ4v) is 7.89. The Bertz CT molecular complexity index is 1050. The molecule has 2 unspecified atom stereocenters. The maximum absolute atomic E-state index is 12.5. The Morgan fingerprint density at radius 1 is 0.410 bits per heavy atom. The molecule has 0 aromatic rings. The third-order valence-electron chi connectivity index (χ3n) is 11.9. The van der Waals surface area contributed by atoms with Gasteiger partial charge in [-0.15, -0.1) is 0 Å². The van der Waals surface area contributed by atoms with Crippen molar-refractivity contribution in [3.05, 3.63) is 72.9 Å². The van der Waals surface area contributed by atoms with Gasteiger partial charge in [0.1, 0.15) is 0 Å². The van der Waals surface area contributed by atoms with Crippen molar-refractivity contribution in [2.45, 2.75) is 276 Å². The molecule has 4 heteroatoms. The molecule has 354 valence electrons. The van der Waals surface area contributed by atoms with Crippen molar-refractivity contribution < 1.29 is 15.0 Å². The molecular formula is C57H103NO3. The van der Waals surface area contributed by atoms with Crippen molar-refractivity contribution in [2.75, 3.05) is 6.61 Å². The minimum atomic E-state index is -0.867. The van der Waals surface area contributed by atoms with Crippen LogP contribution in [0, 0.1) is 0 Å². The number of unbranched alkanes of at least 4 members (excludes halogenated alkanes) is 31. The average molecular weight is 850 g/mol. The second-order valence-corrected chi connectivity index (χ2v) is 17.9. The number of nitrogens with one attached hydrogen (secondary N) is 1. The van der Waals surface area contributed by atoms with Gasteiger partial charge in [-0.1, -0.05) is 260 Å². The lowest BCUT2D eigenvalue weighted by molar-refractivity contribution is -0.123. The summed E-state index contributed by atoms with van der Waals surface area (Å²) in [5, 5.41) is 23.1. The number of allylic oxidation sites excluding steroid dienone is 11. The monoisotopic (exact) mass is 850 g/mol. The highest BCUT2D eigenvalue weighted by Crippen LogP contribution is 2.16.